The Kier molecular flexibility index (Phi) is 5.44. The first-order valence-electron chi connectivity index (χ1n) is 6.32. The second kappa shape index (κ2) is 6.61. The summed E-state index contributed by atoms with van der Waals surface area (Å²) in [4.78, 5) is 0. The summed E-state index contributed by atoms with van der Waals surface area (Å²) in [5, 5.41) is 22.6. The molecular formula is C14H23NO3. The van der Waals surface area contributed by atoms with Gasteiger partial charge in [0.15, 0.2) is 0 Å². The summed E-state index contributed by atoms with van der Waals surface area (Å²) in [6.07, 6.45) is 1.69. The number of rotatable bonds is 7. The second-order valence-electron chi connectivity index (χ2n) is 4.49. The largest absolute Gasteiger partial charge is 0.507 e. The van der Waals surface area contributed by atoms with Crippen LogP contribution < -0.4 is 10.1 Å². The number of hydrogen-bond donors (Lipinski definition) is 3. The monoisotopic (exact) mass is 253 g/mol. The molecule has 0 saturated heterocycles. The van der Waals surface area contributed by atoms with E-state index < -0.39 is 0 Å². The Hall–Kier alpha value is -1.26. The van der Waals surface area contributed by atoms with Crippen LogP contribution in [0.25, 0.3) is 0 Å². The minimum atomic E-state index is -0.271. The zero-order valence-electron chi connectivity index (χ0n) is 11.4. The van der Waals surface area contributed by atoms with Gasteiger partial charge in [-0.2, -0.15) is 0 Å². The van der Waals surface area contributed by atoms with Crippen molar-refractivity contribution in [2.45, 2.75) is 38.8 Å². The predicted octanol–water partition coefficient (Wildman–Crippen LogP) is 2.04. The van der Waals surface area contributed by atoms with E-state index in [9.17, 15) is 10.2 Å². The van der Waals surface area contributed by atoms with E-state index in [2.05, 4.69) is 5.32 Å². The molecule has 18 heavy (non-hydrogen) atoms. The van der Waals surface area contributed by atoms with Crippen LogP contribution in [0.4, 0.5) is 0 Å². The standard InChI is InChI=1S/C14H23NO3/c1-4-14(5-2,10-16)15-9-11-6-7-12(18-3)8-13(11)17/h6-8,15-17H,4-5,9-10H2,1-3H3. The van der Waals surface area contributed by atoms with Crippen LogP contribution in [0.3, 0.4) is 0 Å². The molecule has 0 amide bonds. The Bertz CT molecular complexity index is 367. The second-order valence-corrected chi connectivity index (χ2v) is 4.49. The van der Waals surface area contributed by atoms with E-state index >= 15 is 0 Å². The zero-order chi connectivity index (χ0) is 13.6. The Morgan fingerprint density at radius 1 is 1.28 bits per heavy atom. The fourth-order valence-electron chi connectivity index (χ4n) is 1.88. The fourth-order valence-corrected chi connectivity index (χ4v) is 1.88. The van der Waals surface area contributed by atoms with Crippen LogP contribution in [0.15, 0.2) is 18.2 Å². The molecule has 102 valence electrons. The van der Waals surface area contributed by atoms with E-state index in [-0.39, 0.29) is 17.9 Å². The number of benzene rings is 1. The van der Waals surface area contributed by atoms with E-state index in [1.807, 2.05) is 26.0 Å². The summed E-state index contributed by atoms with van der Waals surface area (Å²) < 4.78 is 5.04. The molecule has 4 heteroatoms. The van der Waals surface area contributed by atoms with Gasteiger partial charge >= 0.3 is 0 Å². The van der Waals surface area contributed by atoms with Crippen LogP contribution in [-0.4, -0.2) is 29.5 Å². The molecule has 4 nitrogen and oxygen atoms in total. The van der Waals surface area contributed by atoms with Gasteiger partial charge < -0.3 is 20.3 Å². The van der Waals surface area contributed by atoms with Crippen molar-refractivity contribution in [2.24, 2.45) is 0 Å². The number of methoxy groups -OCH3 is 1. The highest BCUT2D eigenvalue weighted by Gasteiger charge is 2.24. The number of aliphatic hydroxyl groups is 1. The van der Waals surface area contributed by atoms with Crippen molar-refractivity contribution in [3.05, 3.63) is 23.8 Å². The molecule has 0 saturated carbocycles. The van der Waals surface area contributed by atoms with Crippen LogP contribution in [0, 0.1) is 0 Å². The van der Waals surface area contributed by atoms with Crippen molar-refractivity contribution >= 4 is 0 Å². The van der Waals surface area contributed by atoms with Gasteiger partial charge in [0, 0.05) is 23.7 Å². The number of aromatic hydroxyl groups is 1. The van der Waals surface area contributed by atoms with Crippen molar-refractivity contribution < 1.29 is 14.9 Å². The van der Waals surface area contributed by atoms with Gasteiger partial charge in [0.25, 0.3) is 0 Å². The lowest BCUT2D eigenvalue weighted by atomic mass is 9.93. The fraction of sp³-hybridized carbons (Fsp3) is 0.571. The van der Waals surface area contributed by atoms with Crippen molar-refractivity contribution in [3.8, 4) is 11.5 Å². The maximum absolute atomic E-state index is 9.85. The summed E-state index contributed by atoms with van der Waals surface area (Å²) in [5.41, 5.74) is 0.530. The third kappa shape index (κ3) is 3.37. The van der Waals surface area contributed by atoms with Crippen molar-refractivity contribution in [1.82, 2.24) is 5.32 Å². The van der Waals surface area contributed by atoms with Crippen LogP contribution in [0.5, 0.6) is 11.5 Å². The Morgan fingerprint density at radius 3 is 2.39 bits per heavy atom. The molecule has 0 fully saturated rings. The SMILES string of the molecule is CCC(CC)(CO)NCc1ccc(OC)cc1O. The number of aliphatic hydroxyl groups excluding tert-OH is 1. The van der Waals surface area contributed by atoms with Gasteiger partial charge in [0.1, 0.15) is 11.5 Å². The highest BCUT2D eigenvalue weighted by molar-refractivity contribution is 5.39. The Balaban J connectivity index is 2.73. The molecule has 3 N–H and O–H groups in total. The summed E-state index contributed by atoms with van der Waals surface area (Å²) in [6, 6.07) is 5.24. The van der Waals surface area contributed by atoms with Gasteiger partial charge in [-0.3, -0.25) is 0 Å². The molecule has 1 aromatic carbocycles. The summed E-state index contributed by atoms with van der Waals surface area (Å²) >= 11 is 0. The van der Waals surface area contributed by atoms with Crippen LogP contribution in [0.2, 0.25) is 0 Å². The minimum absolute atomic E-state index is 0.0942. The first-order chi connectivity index (χ1) is 8.60. The highest BCUT2D eigenvalue weighted by Crippen LogP contribution is 2.24. The van der Waals surface area contributed by atoms with Gasteiger partial charge in [-0.25, -0.2) is 0 Å². The molecule has 0 aliphatic heterocycles. The van der Waals surface area contributed by atoms with E-state index in [0.717, 1.165) is 18.4 Å². The van der Waals surface area contributed by atoms with Crippen molar-refractivity contribution in [3.63, 3.8) is 0 Å². The summed E-state index contributed by atoms with van der Waals surface area (Å²) in [6.45, 7) is 4.70. The van der Waals surface area contributed by atoms with Crippen LogP contribution >= 0.6 is 0 Å². The Labute approximate surface area is 109 Å². The molecule has 1 aromatic rings. The maximum Gasteiger partial charge on any atom is 0.123 e. The number of phenols is 1. The first-order valence-corrected chi connectivity index (χ1v) is 6.32. The lowest BCUT2D eigenvalue weighted by Gasteiger charge is -2.31. The van der Waals surface area contributed by atoms with Crippen LogP contribution in [-0.2, 0) is 6.54 Å². The first kappa shape index (κ1) is 14.8. The lowest BCUT2D eigenvalue weighted by molar-refractivity contribution is 0.149. The third-order valence-electron chi connectivity index (χ3n) is 3.60. The molecule has 0 spiro atoms. The van der Waals surface area contributed by atoms with Gasteiger partial charge in [-0.05, 0) is 18.9 Å². The van der Waals surface area contributed by atoms with Gasteiger partial charge in [0.2, 0.25) is 0 Å². The molecule has 0 aliphatic carbocycles. The zero-order valence-corrected chi connectivity index (χ0v) is 11.4. The smallest absolute Gasteiger partial charge is 0.123 e. The summed E-state index contributed by atoms with van der Waals surface area (Å²) in [7, 11) is 1.57. The van der Waals surface area contributed by atoms with E-state index in [1.54, 1.807) is 13.2 Å². The molecule has 0 radical (unpaired) electrons. The predicted molar refractivity (Wildman–Crippen MR) is 71.9 cm³/mol. The average Bonchev–Trinajstić information content (AvgIpc) is 2.42. The number of hydrogen-bond acceptors (Lipinski definition) is 4. The topological polar surface area (TPSA) is 61.7 Å². The summed E-state index contributed by atoms with van der Waals surface area (Å²) in [5.74, 6) is 0.844. The lowest BCUT2D eigenvalue weighted by Crippen LogP contribution is -2.47. The van der Waals surface area contributed by atoms with E-state index in [4.69, 9.17) is 4.74 Å². The van der Waals surface area contributed by atoms with Gasteiger partial charge in [-0.15, -0.1) is 0 Å². The van der Waals surface area contributed by atoms with Gasteiger partial charge in [0.05, 0.1) is 13.7 Å². The van der Waals surface area contributed by atoms with E-state index in [0.29, 0.717) is 12.3 Å². The van der Waals surface area contributed by atoms with Crippen molar-refractivity contribution in [1.29, 1.82) is 0 Å². The molecular weight excluding hydrogens is 230 g/mol. The minimum Gasteiger partial charge on any atom is -0.507 e. The maximum atomic E-state index is 9.85. The van der Waals surface area contributed by atoms with E-state index in [1.165, 1.54) is 0 Å². The molecule has 0 atom stereocenters. The van der Waals surface area contributed by atoms with Crippen molar-refractivity contribution in [2.75, 3.05) is 13.7 Å². The molecule has 1 rings (SSSR count). The molecule has 0 bridgehead atoms. The highest BCUT2D eigenvalue weighted by atomic mass is 16.5. The molecule has 0 aliphatic rings. The molecule has 0 heterocycles. The Morgan fingerprint density at radius 2 is 1.94 bits per heavy atom. The van der Waals surface area contributed by atoms with Gasteiger partial charge in [-0.1, -0.05) is 19.9 Å². The van der Waals surface area contributed by atoms with Crippen LogP contribution in [0.1, 0.15) is 32.3 Å². The molecule has 0 aromatic heterocycles. The molecule has 0 unspecified atom stereocenters. The third-order valence-corrected chi connectivity index (χ3v) is 3.60. The normalized spacial score (nSPS) is 11.6. The number of phenolic OH excluding ortho intramolecular Hbond substituents is 1. The quantitative estimate of drug-likeness (QED) is 0.696. The number of ether oxygens (including phenoxy) is 1. The average molecular weight is 253 g/mol. The number of nitrogens with one attached hydrogen (secondary N) is 1.